The number of ether oxygens (including phenoxy) is 1. The van der Waals surface area contributed by atoms with Crippen LogP contribution in [0.25, 0.3) is 0 Å². The molecule has 2 fully saturated rings. The van der Waals surface area contributed by atoms with Gasteiger partial charge in [0.25, 0.3) is 0 Å². The Morgan fingerprint density at radius 1 is 1.37 bits per heavy atom. The lowest BCUT2D eigenvalue weighted by atomic mass is 9.84. The molecule has 104 valence electrons. The van der Waals surface area contributed by atoms with Crippen LogP contribution in [0, 0.1) is 24.7 Å². The average molecular weight is 260 g/mol. The second kappa shape index (κ2) is 5.03. The summed E-state index contributed by atoms with van der Waals surface area (Å²) >= 11 is 0. The predicted molar refractivity (Wildman–Crippen MR) is 77.5 cm³/mol. The quantitative estimate of drug-likeness (QED) is 0.897. The summed E-state index contributed by atoms with van der Waals surface area (Å²) < 4.78 is 5.40. The van der Waals surface area contributed by atoms with E-state index in [-0.39, 0.29) is 0 Å². The van der Waals surface area contributed by atoms with Crippen LogP contribution in [0.15, 0.2) is 12.3 Å². The Morgan fingerprint density at radius 2 is 2.21 bits per heavy atom. The minimum absolute atomic E-state index is 0.519. The molecule has 3 heteroatoms. The Morgan fingerprint density at radius 3 is 2.84 bits per heavy atom. The number of methoxy groups -OCH3 is 1. The lowest BCUT2D eigenvalue weighted by Gasteiger charge is -2.29. The number of fused-ring (bicyclic) bond motifs is 2. The summed E-state index contributed by atoms with van der Waals surface area (Å²) in [6.45, 7) is 4.34. The highest BCUT2D eigenvalue weighted by Gasteiger charge is 2.41. The Labute approximate surface area is 115 Å². The molecule has 1 heterocycles. The molecule has 0 aromatic carbocycles. The third kappa shape index (κ3) is 2.43. The second-order valence-electron chi connectivity index (χ2n) is 6.30. The van der Waals surface area contributed by atoms with Gasteiger partial charge in [-0.2, -0.15) is 0 Å². The van der Waals surface area contributed by atoms with Crippen LogP contribution in [0.1, 0.15) is 38.3 Å². The summed E-state index contributed by atoms with van der Waals surface area (Å²) in [4.78, 5) is 4.29. The molecule has 19 heavy (non-hydrogen) atoms. The van der Waals surface area contributed by atoms with Crippen molar-refractivity contribution in [2.45, 2.75) is 45.6 Å². The molecule has 3 nitrogen and oxygen atoms in total. The van der Waals surface area contributed by atoms with E-state index in [1.807, 2.05) is 13.1 Å². The number of pyridine rings is 1. The number of nitrogens with one attached hydrogen (secondary N) is 1. The van der Waals surface area contributed by atoms with Crippen LogP contribution in [0.3, 0.4) is 0 Å². The van der Waals surface area contributed by atoms with Gasteiger partial charge in [0.2, 0.25) is 0 Å². The van der Waals surface area contributed by atoms with Crippen LogP contribution in [-0.4, -0.2) is 18.1 Å². The minimum Gasteiger partial charge on any atom is -0.493 e. The molecule has 4 atom stereocenters. The summed E-state index contributed by atoms with van der Waals surface area (Å²) in [5.74, 6) is 3.62. The van der Waals surface area contributed by atoms with Crippen LogP contribution < -0.4 is 10.1 Å². The van der Waals surface area contributed by atoms with Crippen LogP contribution >= 0.6 is 0 Å². The van der Waals surface area contributed by atoms with Crippen molar-refractivity contribution in [3.63, 3.8) is 0 Å². The van der Waals surface area contributed by atoms with E-state index in [2.05, 4.69) is 23.3 Å². The van der Waals surface area contributed by atoms with Crippen LogP contribution in [-0.2, 0) is 0 Å². The normalized spacial score (nSPS) is 30.4. The summed E-state index contributed by atoms with van der Waals surface area (Å²) in [6.07, 6.45) is 7.58. The minimum atomic E-state index is 0.519. The fourth-order valence-electron chi connectivity index (χ4n) is 4.08. The van der Waals surface area contributed by atoms with Crippen molar-refractivity contribution in [3.8, 4) is 5.75 Å². The van der Waals surface area contributed by atoms with E-state index in [1.54, 1.807) is 7.11 Å². The van der Waals surface area contributed by atoms with Crippen molar-refractivity contribution in [2.24, 2.45) is 17.8 Å². The molecule has 2 saturated carbocycles. The zero-order valence-corrected chi connectivity index (χ0v) is 12.1. The molecular formula is C16H24N2O. The highest BCUT2D eigenvalue weighted by Crippen LogP contribution is 2.50. The molecule has 2 aliphatic rings. The highest BCUT2D eigenvalue weighted by molar-refractivity contribution is 5.56. The molecule has 1 aromatic heterocycles. The smallest absolute Gasteiger partial charge is 0.160 e. The number of nitrogens with zero attached hydrogens (tertiary/aromatic N) is 1. The van der Waals surface area contributed by atoms with Gasteiger partial charge >= 0.3 is 0 Å². The summed E-state index contributed by atoms with van der Waals surface area (Å²) in [5, 5.41) is 3.66. The number of aromatic nitrogens is 1. The Bertz CT molecular complexity index is 460. The molecule has 1 N–H and O–H groups in total. The Hall–Kier alpha value is -1.25. The van der Waals surface area contributed by atoms with Gasteiger partial charge in [-0.3, -0.25) is 4.98 Å². The third-order valence-corrected chi connectivity index (χ3v) is 5.04. The monoisotopic (exact) mass is 260 g/mol. The standard InChI is InChI=1S/C16H24N2O/c1-10-6-15(16(19-3)9-17-10)18-11(2)14-8-12-4-5-13(14)7-12/h6,9,11-14H,4-5,7-8H2,1-3H3,(H,17,18). The van der Waals surface area contributed by atoms with Gasteiger partial charge in [0.05, 0.1) is 19.0 Å². The summed E-state index contributed by atoms with van der Waals surface area (Å²) in [5.41, 5.74) is 2.12. The fourth-order valence-corrected chi connectivity index (χ4v) is 4.08. The van der Waals surface area contributed by atoms with Crippen molar-refractivity contribution in [2.75, 3.05) is 12.4 Å². The molecule has 0 spiro atoms. The molecule has 3 rings (SSSR count). The molecule has 1 aromatic rings. The van der Waals surface area contributed by atoms with Gasteiger partial charge in [-0.1, -0.05) is 6.42 Å². The summed E-state index contributed by atoms with van der Waals surface area (Å²) in [6, 6.07) is 2.61. The molecule has 0 saturated heterocycles. The maximum atomic E-state index is 5.40. The Kier molecular flexibility index (Phi) is 3.38. The molecular weight excluding hydrogens is 236 g/mol. The van der Waals surface area contributed by atoms with Crippen molar-refractivity contribution in [3.05, 3.63) is 18.0 Å². The number of hydrogen-bond donors (Lipinski definition) is 1. The molecule has 0 amide bonds. The van der Waals surface area contributed by atoms with Crippen molar-refractivity contribution >= 4 is 5.69 Å². The van der Waals surface area contributed by atoms with E-state index in [4.69, 9.17) is 4.74 Å². The first-order valence-electron chi connectivity index (χ1n) is 7.44. The van der Waals surface area contributed by atoms with Crippen molar-refractivity contribution < 1.29 is 4.74 Å². The maximum absolute atomic E-state index is 5.40. The number of anilines is 1. The first-order chi connectivity index (χ1) is 9.17. The van der Waals surface area contributed by atoms with Gasteiger partial charge in [0, 0.05) is 11.7 Å². The van der Waals surface area contributed by atoms with E-state index in [0.717, 1.165) is 34.9 Å². The fraction of sp³-hybridized carbons (Fsp3) is 0.688. The van der Waals surface area contributed by atoms with Gasteiger partial charge in [-0.25, -0.2) is 0 Å². The number of hydrogen-bond acceptors (Lipinski definition) is 3. The van der Waals surface area contributed by atoms with Gasteiger partial charge in [0.15, 0.2) is 5.75 Å². The van der Waals surface area contributed by atoms with Crippen molar-refractivity contribution in [1.29, 1.82) is 0 Å². The lowest BCUT2D eigenvalue weighted by Crippen LogP contribution is -2.30. The number of rotatable bonds is 4. The van der Waals surface area contributed by atoms with E-state index < -0.39 is 0 Å². The largest absolute Gasteiger partial charge is 0.493 e. The zero-order valence-electron chi connectivity index (χ0n) is 12.1. The van der Waals surface area contributed by atoms with Crippen LogP contribution in [0.4, 0.5) is 5.69 Å². The van der Waals surface area contributed by atoms with Crippen molar-refractivity contribution in [1.82, 2.24) is 4.98 Å². The third-order valence-electron chi connectivity index (χ3n) is 5.04. The molecule has 2 bridgehead atoms. The van der Waals surface area contributed by atoms with E-state index in [9.17, 15) is 0 Å². The van der Waals surface area contributed by atoms with E-state index in [1.165, 1.54) is 25.7 Å². The van der Waals surface area contributed by atoms with Gasteiger partial charge in [-0.05, 0) is 56.9 Å². The zero-order chi connectivity index (χ0) is 13.4. The second-order valence-corrected chi connectivity index (χ2v) is 6.30. The van der Waals surface area contributed by atoms with E-state index in [0.29, 0.717) is 6.04 Å². The van der Waals surface area contributed by atoms with Gasteiger partial charge in [-0.15, -0.1) is 0 Å². The predicted octanol–water partition coefficient (Wildman–Crippen LogP) is 3.64. The maximum Gasteiger partial charge on any atom is 0.160 e. The molecule has 4 unspecified atom stereocenters. The average Bonchev–Trinajstić information content (AvgIpc) is 3.01. The van der Waals surface area contributed by atoms with Crippen LogP contribution in [0.5, 0.6) is 5.75 Å². The highest BCUT2D eigenvalue weighted by atomic mass is 16.5. The van der Waals surface area contributed by atoms with Gasteiger partial charge < -0.3 is 10.1 Å². The molecule has 0 radical (unpaired) electrons. The van der Waals surface area contributed by atoms with E-state index >= 15 is 0 Å². The lowest BCUT2D eigenvalue weighted by molar-refractivity contribution is 0.303. The summed E-state index contributed by atoms with van der Waals surface area (Å²) in [7, 11) is 1.71. The van der Waals surface area contributed by atoms with Gasteiger partial charge in [0.1, 0.15) is 0 Å². The number of aryl methyl sites for hydroxylation is 1. The topological polar surface area (TPSA) is 34.1 Å². The van der Waals surface area contributed by atoms with Crippen LogP contribution in [0.2, 0.25) is 0 Å². The first-order valence-corrected chi connectivity index (χ1v) is 7.44. The SMILES string of the molecule is COc1cnc(C)cc1NC(C)C1CC2CCC1C2. The first kappa shape index (κ1) is 12.8. The Balaban J connectivity index is 1.72. The molecule has 2 aliphatic carbocycles. The molecule has 0 aliphatic heterocycles.